The van der Waals surface area contributed by atoms with Crippen LogP contribution in [-0.2, 0) is 0 Å². The summed E-state index contributed by atoms with van der Waals surface area (Å²) in [6.45, 7) is 4.68. The summed E-state index contributed by atoms with van der Waals surface area (Å²) in [7, 11) is 6.94. The van der Waals surface area contributed by atoms with E-state index in [1.54, 1.807) is 0 Å². The van der Waals surface area contributed by atoms with Gasteiger partial charge in [0.25, 0.3) is 0 Å². The van der Waals surface area contributed by atoms with Crippen LogP contribution in [-0.4, -0.2) is 31.7 Å². The maximum atomic E-state index is 2.39. The van der Waals surface area contributed by atoms with Crippen LogP contribution in [0.15, 0.2) is 0 Å². The average Bonchev–Trinajstić information content (AvgIpc) is 2.42. The molecule has 0 radical (unpaired) electrons. The van der Waals surface area contributed by atoms with E-state index in [-0.39, 0.29) is 17.0 Å². The molecule has 0 aromatic heterocycles. The molecule has 0 aromatic carbocycles. The van der Waals surface area contributed by atoms with Crippen LogP contribution in [0.4, 0.5) is 0 Å². The zero-order valence-electron chi connectivity index (χ0n) is 16.3. The van der Waals surface area contributed by atoms with Crippen molar-refractivity contribution in [2.24, 2.45) is 0 Å². The van der Waals surface area contributed by atoms with E-state index in [0.29, 0.717) is 0 Å². The Morgan fingerprint density at radius 1 is 0.591 bits per heavy atom. The van der Waals surface area contributed by atoms with E-state index in [1.165, 1.54) is 89.9 Å². The fourth-order valence-corrected chi connectivity index (χ4v) is 2.84. The molecule has 1 nitrogen and oxygen atoms in total. The van der Waals surface area contributed by atoms with E-state index in [0.717, 1.165) is 10.5 Å². The van der Waals surface area contributed by atoms with Crippen molar-refractivity contribution in [2.75, 3.05) is 21.1 Å². The molecule has 0 aliphatic rings. The predicted molar refractivity (Wildman–Crippen MR) is 97.8 cm³/mol. The Hall–Kier alpha value is 0.440. The quantitative estimate of drug-likeness (QED) is 0.302. The molecule has 0 heterocycles. The smallest absolute Gasteiger partial charge is 0.0855 e. The Balaban J connectivity index is 0. The second kappa shape index (κ2) is 16.3. The third kappa shape index (κ3) is 16.8. The molecule has 1 unspecified atom stereocenters. The van der Waals surface area contributed by atoms with Gasteiger partial charge in [0.2, 0.25) is 0 Å². The predicted octanol–water partition coefficient (Wildman–Crippen LogP) is 3.57. The fourth-order valence-electron chi connectivity index (χ4n) is 2.84. The van der Waals surface area contributed by atoms with E-state index in [9.17, 15) is 0 Å². The highest BCUT2D eigenvalue weighted by Crippen LogP contribution is 2.15. The zero-order valence-corrected chi connectivity index (χ0v) is 17.9. The SMILES string of the molecule is CCCCCCCCCCCCCCCC(C)[N+](C)(C)C.[Br-]. The summed E-state index contributed by atoms with van der Waals surface area (Å²) in [5.74, 6) is 0. The number of quaternary nitrogens is 1. The number of nitrogens with zero attached hydrogens (tertiary/aromatic N) is 1. The normalized spacial score (nSPS) is 13.0. The molecule has 0 rings (SSSR count). The summed E-state index contributed by atoms with van der Waals surface area (Å²) in [6.07, 6.45) is 20.3. The van der Waals surface area contributed by atoms with Gasteiger partial charge in [0.15, 0.2) is 0 Å². The summed E-state index contributed by atoms with van der Waals surface area (Å²) in [6, 6.07) is 0.803. The molecule has 136 valence electrons. The zero-order chi connectivity index (χ0) is 16.0. The Morgan fingerprint density at radius 3 is 1.23 bits per heavy atom. The molecule has 0 amide bonds. The summed E-state index contributed by atoms with van der Waals surface area (Å²) >= 11 is 0. The largest absolute Gasteiger partial charge is 1.00 e. The molecule has 0 bridgehead atoms. The van der Waals surface area contributed by atoms with Crippen molar-refractivity contribution in [2.45, 2.75) is 110 Å². The van der Waals surface area contributed by atoms with Crippen LogP contribution in [0.3, 0.4) is 0 Å². The van der Waals surface area contributed by atoms with Crippen LogP contribution in [0.25, 0.3) is 0 Å². The van der Waals surface area contributed by atoms with Crippen molar-refractivity contribution in [3.05, 3.63) is 0 Å². The first-order chi connectivity index (χ1) is 9.98. The summed E-state index contributed by atoms with van der Waals surface area (Å²) in [4.78, 5) is 0. The molecule has 0 fully saturated rings. The molecular formula is C20H44BrN. The van der Waals surface area contributed by atoms with Gasteiger partial charge in [-0.25, -0.2) is 0 Å². The third-order valence-corrected chi connectivity index (χ3v) is 5.05. The van der Waals surface area contributed by atoms with E-state index < -0.39 is 0 Å². The summed E-state index contributed by atoms with van der Waals surface area (Å²) in [5, 5.41) is 0. The van der Waals surface area contributed by atoms with Crippen LogP contribution in [0.2, 0.25) is 0 Å². The lowest BCUT2D eigenvalue weighted by Crippen LogP contribution is -3.00. The van der Waals surface area contributed by atoms with Gasteiger partial charge in [-0.05, 0) is 19.8 Å². The van der Waals surface area contributed by atoms with Gasteiger partial charge in [0.05, 0.1) is 27.2 Å². The monoisotopic (exact) mass is 377 g/mol. The molecule has 0 aromatic rings. The number of hydrogen-bond donors (Lipinski definition) is 0. The highest BCUT2D eigenvalue weighted by molar-refractivity contribution is 4.53. The molecule has 0 aliphatic carbocycles. The molecule has 2 heteroatoms. The standard InChI is InChI=1S/C20H44N.BrH/c1-6-7-8-9-10-11-12-13-14-15-16-17-18-19-20(2)21(3,4)5;/h20H,6-19H2,1-5H3;1H/q+1;/p-1. The second-order valence-electron chi connectivity index (χ2n) is 8.00. The number of rotatable bonds is 15. The molecule has 0 saturated carbocycles. The first kappa shape index (κ1) is 24.7. The lowest BCUT2D eigenvalue weighted by molar-refractivity contribution is -0.894. The second-order valence-corrected chi connectivity index (χ2v) is 8.00. The number of halogens is 1. The maximum Gasteiger partial charge on any atom is 0.0855 e. The molecule has 0 saturated heterocycles. The molecular weight excluding hydrogens is 334 g/mol. The maximum absolute atomic E-state index is 2.39. The summed E-state index contributed by atoms with van der Waals surface area (Å²) < 4.78 is 1.11. The lowest BCUT2D eigenvalue weighted by Gasteiger charge is -2.31. The Kier molecular flexibility index (Phi) is 18.3. The topological polar surface area (TPSA) is 0 Å². The van der Waals surface area contributed by atoms with Crippen LogP contribution in [0, 0.1) is 0 Å². The lowest BCUT2D eigenvalue weighted by atomic mass is 10.0. The van der Waals surface area contributed by atoms with Crippen molar-refractivity contribution in [3.63, 3.8) is 0 Å². The van der Waals surface area contributed by atoms with Crippen LogP contribution >= 0.6 is 0 Å². The van der Waals surface area contributed by atoms with Crippen molar-refractivity contribution in [3.8, 4) is 0 Å². The van der Waals surface area contributed by atoms with E-state index >= 15 is 0 Å². The van der Waals surface area contributed by atoms with E-state index in [2.05, 4.69) is 35.0 Å². The van der Waals surface area contributed by atoms with Gasteiger partial charge in [-0.2, -0.15) is 0 Å². The van der Waals surface area contributed by atoms with E-state index in [4.69, 9.17) is 0 Å². The van der Waals surface area contributed by atoms with Crippen molar-refractivity contribution in [1.82, 2.24) is 0 Å². The minimum atomic E-state index is 0. The van der Waals surface area contributed by atoms with Crippen LogP contribution < -0.4 is 17.0 Å². The van der Waals surface area contributed by atoms with Gasteiger partial charge in [0.1, 0.15) is 0 Å². The van der Waals surface area contributed by atoms with Crippen LogP contribution in [0.1, 0.15) is 104 Å². The van der Waals surface area contributed by atoms with Gasteiger partial charge in [-0.1, -0.05) is 84.0 Å². The summed E-state index contributed by atoms with van der Waals surface area (Å²) in [5.41, 5.74) is 0. The van der Waals surface area contributed by atoms with Gasteiger partial charge >= 0.3 is 0 Å². The minimum Gasteiger partial charge on any atom is -1.00 e. The first-order valence-electron chi connectivity index (χ1n) is 9.79. The van der Waals surface area contributed by atoms with Gasteiger partial charge in [-0.15, -0.1) is 0 Å². The van der Waals surface area contributed by atoms with Crippen molar-refractivity contribution < 1.29 is 21.5 Å². The van der Waals surface area contributed by atoms with Crippen molar-refractivity contribution >= 4 is 0 Å². The number of unbranched alkanes of at least 4 members (excludes halogenated alkanes) is 12. The fraction of sp³-hybridized carbons (Fsp3) is 1.00. The molecule has 1 atom stereocenters. The average molecular weight is 378 g/mol. The van der Waals surface area contributed by atoms with Gasteiger partial charge in [0, 0.05) is 0 Å². The molecule has 0 N–H and O–H groups in total. The highest BCUT2D eigenvalue weighted by Gasteiger charge is 2.16. The van der Waals surface area contributed by atoms with Crippen molar-refractivity contribution in [1.29, 1.82) is 0 Å². The third-order valence-electron chi connectivity index (χ3n) is 5.05. The first-order valence-corrected chi connectivity index (χ1v) is 9.79. The Bertz CT molecular complexity index is 210. The molecule has 0 spiro atoms. The molecule has 22 heavy (non-hydrogen) atoms. The van der Waals surface area contributed by atoms with Gasteiger partial charge in [-0.3, -0.25) is 0 Å². The van der Waals surface area contributed by atoms with Gasteiger partial charge < -0.3 is 21.5 Å². The van der Waals surface area contributed by atoms with E-state index in [1.807, 2.05) is 0 Å². The minimum absolute atomic E-state index is 0. The molecule has 0 aliphatic heterocycles. The number of hydrogen-bond acceptors (Lipinski definition) is 0. The van der Waals surface area contributed by atoms with Crippen LogP contribution in [0.5, 0.6) is 0 Å². The highest BCUT2D eigenvalue weighted by atomic mass is 79.9. The Labute approximate surface area is 152 Å². The Morgan fingerprint density at radius 2 is 0.909 bits per heavy atom.